The van der Waals surface area contributed by atoms with E-state index < -0.39 is 0 Å². The van der Waals surface area contributed by atoms with Gasteiger partial charge in [0.15, 0.2) is 10.9 Å². The predicted molar refractivity (Wildman–Crippen MR) is 121 cm³/mol. The van der Waals surface area contributed by atoms with Gasteiger partial charge in [-0.1, -0.05) is 52.4 Å². The lowest BCUT2D eigenvalue weighted by Crippen LogP contribution is -2.34. The van der Waals surface area contributed by atoms with Gasteiger partial charge in [-0.25, -0.2) is 0 Å². The van der Waals surface area contributed by atoms with Crippen LogP contribution >= 0.6 is 39.5 Å². The summed E-state index contributed by atoms with van der Waals surface area (Å²) < 4.78 is 2.59. The standard InChI is InChI=1S/C19H15BrN6OS2/c1-2-15-23-24-19-26(15)25-17(29-19)12-6-4-8-14(10-12)21-18(28)22-16(27)11-5-3-7-13(20)9-11/h3-10H,2H2,1H3,(H2,21,22,27,28). The van der Waals surface area contributed by atoms with Crippen molar-refractivity contribution in [3.8, 4) is 10.6 Å². The number of aryl methyl sites for hydroxylation is 1. The van der Waals surface area contributed by atoms with Crippen molar-refractivity contribution >= 4 is 61.2 Å². The third-order valence-corrected chi connectivity index (χ3v) is 5.70. The number of hydrogen-bond donors (Lipinski definition) is 2. The molecule has 0 saturated carbocycles. The summed E-state index contributed by atoms with van der Waals surface area (Å²) in [6.45, 7) is 2.02. The Bertz CT molecular complexity index is 1220. The van der Waals surface area contributed by atoms with Crippen molar-refractivity contribution in [1.82, 2.24) is 25.1 Å². The monoisotopic (exact) mass is 486 g/mol. The van der Waals surface area contributed by atoms with Crippen molar-refractivity contribution in [2.45, 2.75) is 13.3 Å². The molecule has 0 radical (unpaired) electrons. The minimum atomic E-state index is -0.277. The Labute approximate surface area is 184 Å². The minimum absolute atomic E-state index is 0.221. The van der Waals surface area contributed by atoms with Crippen molar-refractivity contribution < 1.29 is 4.79 Å². The number of carbonyl (C=O) groups is 1. The van der Waals surface area contributed by atoms with Crippen LogP contribution in [0.15, 0.2) is 53.0 Å². The highest BCUT2D eigenvalue weighted by molar-refractivity contribution is 9.10. The smallest absolute Gasteiger partial charge is 0.257 e. The molecule has 146 valence electrons. The molecule has 2 heterocycles. The Balaban J connectivity index is 1.48. The lowest BCUT2D eigenvalue weighted by Gasteiger charge is -2.10. The van der Waals surface area contributed by atoms with E-state index in [0.29, 0.717) is 5.56 Å². The zero-order chi connectivity index (χ0) is 20.4. The quantitative estimate of drug-likeness (QED) is 0.418. The Kier molecular flexibility index (Phi) is 5.65. The van der Waals surface area contributed by atoms with Gasteiger partial charge >= 0.3 is 0 Å². The van der Waals surface area contributed by atoms with E-state index in [1.54, 1.807) is 22.7 Å². The molecular weight excluding hydrogens is 472 g/mol. The highest BCUT2D eigenvalue weighted by Crippen LogP contribution is 2.27. The van der Waals surface area contributed by atoms with Crippen LogP contribution in [0.5, 0.6) is 0 Å². The van der Waals surface area contributed by atoms with Crippen molar-refractivity contribution in [2.75, 3.05) is 5.32 Å². The van der Waals surface area contributed by atoms with Crippen LogP contribution in [0.2, 0.25) is 0 Å². The SMILES string of the molecule is CCc1nnc2sc(-c3cccc(NC(=S)NC(=O)c4cccc(Br)c4)c3)nn12. The van der Waals surface area contributed by atoms with Crippen molar-refractivity contribution in [3.05, 3.63) is 64.4 Å². The number of halogens is 1. The topological polar surface area (TPSA) is 84.2 Å². The van der Waals surface area contributed by atoms with E-state index in [2.05, 4.69) is 41.9 Å². The number of amides is 1. The molecule has 2 aromatic carbocycles. The van der Waals surface area contributed by atoms with Gasteiger partial charge in [-0.2, -0.15) is 9.61 Å². The van der Waals surface area contributed by atoms with Crippen LogP contribution < -0.4 is 10.6 Å². The highest BCUT2D eigenvalue weighted by Gasteiger charge is 2.13. The number of hydrogen-bond acceptors (Lipinski definition) is 6. The molecule has 4 aromatic rings. The molecule has 0 aliphatic heterocycles. The fourth-order valence-electron chi connectivity index (χ4n) is 2.69. The fourth-order valence-corrected chi connectivity index (χ4v) is 4.16. The summed E-state index contributed by atoms with van der Waals surface area (Å²) in [5, 5.41) is 19.7. The molecule has 7 nitrogen and oxygen atoms in total. The largest absolute Gasteiger partial charge is 0.332 e. The molecule has 10 heteroatoms. The van der Waals surface area contributed by atoms with Crippen LogP contribution in [0, 0.1) is 0 Å². The highest BCUT2D eigenvalue weighted by atomic mass is 79.9. The molecular formula is C19H15BrN6OS2. The van der Waals surface area contributed by atoms with Crippen LogP contribution in [0.1, 0.15) is 23.1 Å². The molecule has 0 bridgehead atoms. The van der Waals surface area contributed by atoms with E-state index >= 15 is 0 Å². The molecule has 2 N–H and O–H groups in total. The second kappa shape index (κ2) is 8.36. The second-order valence-electron chi connectivity index (χ2n) is 6.07. The van der Waals surface area contributed by atoms with E-state index in [0.717, 1.165) is 37.9 Å². The van der Waals surface area contributed by atoms with Crippen molar-refractivity contribution in [3.63, 3.8) is 0 Å². The van der Waals surface area contributed by atoms with Gasteiger partial charge in [0.25, 0.3) is 5.91 Å². The summed E-state index contributed by atoms with van der Waals surface area (Å²) in [5.41, 5.74) is 2.20. The van der Waals surface area contributed by atoms with Crippen molar-refractivity contribution in [1.29, 1.82) is 0 Å². The number of nitrogens with zero attached hydrogens (tertiary/aromatic N) is 4. The van der Waals surface area contributed by atoms with Crippen LogP contribution in [-0.2, 0) is 6.42 Å². The van der Waals surface area contributed by atoms with E-state index in [9.17, 15) is 4.79 Å². The zero-order valence-electron chi connectivity index (χ0n) is 15.2. The van der Waals surface area contributed by atoms with Gasteiger partial charge < -0.3 is 5.32 Å². The number of thiocarbonyl (C=S) groups is 1. The van der Waals surface area contributed by atoms with Crippen LogP contribution in [0.25, 0.3) is 15.5 Å². The van der Waals surface area contributed by atoms with Gasteiger partial charge in [-0.15, -0.1) is 10.2 Å². The molecule has 0 saturated heterocycles. The summed E-state index contributed by atoms with van der Waals surface area (Å²) in [4.78, 5) is 13.1. The molecule has 4 rings (SSSR count). The van der Waals surface area contributed by atoms with E-state index in [4.69, 9.17) is 12.2 Å². The van der Waals surface area contributed by atoms with Gasteiger partial charge in [-0.05, 0) is 42.5 Å². The molecule has 0 atom stereocenters. The van der Waals surface area contributed by atoms with E-state index in [-0.39, 0.29) is 11.0 Å². The average molecular weight is 487 g/mol. The molecule has 0 aliphatic rings. The minimum Gasteiger partial charge on any atom is -0.332 e. The number of benzene rings is 2. The number of anilines is 1. The molecule has 1 amide bonds. The Morgan fingerprint density at radius 1 is 1.21 bits per heavy atom. The first-order valence-corrected chi connectivity index (χ1v) is 10.7. The summed E-state index contributed by atoms with van der Waals surface area (Å²) >= 11 is 10.1. The Hall–Kier alpha value is -2.69. The van der Waals surface area contributed by atoms with Gasteiger partial charge in [0.2, 0.25) is 4.96 Å². The summed E-state index contributed by atoms with van der Waals surface area (Å²) in [7, 11) is 0. The molecule has 0 unspecified atom stereocenters. The first kappa shape index (κ1) is 19.6. The van der Waals surface area contributed by atoms with Gasteiger partial charge in [-0.3, -0.25) is 10.1 Å². The van der Waals surface area contributed by atoms with Gasteiger partial charge in [0.1, 0.15) is 5.01 Å². The van der Waals surface area contributed by atoms with E-state index in [1.807, 2.05) is 37.3 Å². The average Bonchev–Trinajstić information content (AvgIpc) is 3.28. The maximum atomic E-state index is 12.3. The normalized spacial score (nSPS) is 10.8. The number of rotatable bonds is 4. The van der Waals surface area contributed by atoms with E-state index in [1.165, 1.54) is 11.3 Å². The molecule has 2 aromatic heterocycles. The Morgan fingerprint density at radius 3 is 2.83 bits per heavy atom. The number of nitrogens with one attached hydrogen (secondary N) is 2. The number of carbonyl (C=O) groups excluding carboxylic acids is 1. The zero-order valence-corrected chi connectivity index (χ0v) is 18.4. The molecule has 29 heavy (non-hydrogen) atoms. The lowest BCUT2D eigenvalue weighted by molar-refractivity contribution is 0.0977. The van der Waals surface area contributed by atoms with Crippen LogP contribution in [-0.4, -0.2) is 30.8 Å². The summed E-state index contributed by atoms with van der Waals surface area (Å²) in [5.74, 6) is 0.550. The lowest BCUT2D eigenvalue weighted by atomic mass is 10.2. The first-order valence-electron chi connectivity index (χ1n) is 8.73. The molecule has 0 aliphatic carbocycles. The third kappa shape index (κ3) is 4.34. The molecule has 0 spiro atoms. The van der Waals surface area contributed by atoms with Crippen LogP contribution in [0.3, 0.4) is 0 Å². The van der Waals surface area contributed by atoms with Gasteiger partial charge in [0.05, 0.1) is 0 Å². The van der Waals surface area contributed by atoms with Gasteiger partial charge in [0, 0.05) is 27.7 Å². The van der Waals surface area contributed by atoms with Crippen molar-refractivity contribution in [2.24, 2.45) is 0 Å². The summed E-state index contributed by atoms with van der Waals surface area (Å²) in [6, 6.07) is 14.8. The number of fused-ring (bicyclic) bond motifs is 1. The fraction of sp³-hybridized carbons (Fsp3) is 0.105. The maximum absolute atomic E-state index is 12.3. The van der Waals surface area contributed by atoms with Crippen LogP contribution in [0.4, 0.5) is 5.69 Å². The maximum Gasteiger partial charge on any atom is 0.257 e. The molecule has 0 fully saturated rings. The summed E-state index contributed by atoms with van der Waals surface area (Å²) in [6.07, 6.45) is 0.762. The first-order chi connectivity index (χ1) is 14.0. The Morgan fingerprint density at radius 2 is 2.03 bits per heavy atom. The predicted octanol–water partition coefficient (Wildman–Crippen LogP) is 4.30. The number of aromatic nitrogens is 4. The second-order valence-corrected chi connectivity index (χ2v) is 8.35. The third-order valence-electron chi connectivity index (χ3n) is 4.05.